The van der Waals surface area contributed by atoms with Gasteiger partial charge in [0.25, 0.3) is 0 Å². The Morgan fingerprint density at radius 1 is 0.171 bits per heavy atom. The van der Waals surface area contributed by atoms with E-state index in [1.165, 1.54) is 0 Å². The summed E-state index contributed by atoms with van der Waals surface area (Å²) in [5, 5.41) is 26.9. The van der Waals surface area contributed by atoms with Crippen LogP contribution >= 0.6 is 0 Å². The maximum Gasteiger partial charge on any atom is 0.187 e. The van der Waals surface area contributed by atoms with E-state index in [1.54, 1.807) is 0 Å². The van der Waals surface area contributed by atoms with Gasteiger partial charge in [0.2, 0.25) is 0 Å². The summed E-state index contributed by atoms with van der Waals surface area (Å²) in [6.07, 6.45) is -25.0. The first-order valence-electron chi connectivity index (χ1n) is 44.5. The molecule has 12 aromatic carbocycles. The van der Waals surface area contributed by atoms with Crippen LogP contribution in [0.4, 0.5) is 0 Å². The Labute approximate surface area is 755 Å². The molecule has 129 heavy (non-hydrogen) atoms. The predicted octanol–water partition coefficient (Wildman–Crippen LogP) is 16.9. The Hall–Kier alpha value is -10.2. The summed E-state index contributed by atoms with van der Waals surface area (Å²) in [6, 6.07) is 118. The summed E-state index contributed by atoms with van der Waals surface area (Å²) >= 11 is 0. The van der Waals surface area contributed by atoms with Crippen LogP contribution in [0, 0.1) is 0 Å². The average Bonchev–Trinajstić information content (AvgIpc) is 0.752. The van der Waals surface area contributed by atoms with E-state index in [1.807, 2.05) is 364 Å². The third-order valence-electron chi connectivity index (χ3n) is 23.2. The second-order valence-electron chi connectivity index (χ2n) is 32.6. The molecule has 0 amide bonds. The van der Waals surface area contributed by atoms with Gasteiger partial charge >= 0.3 is 0 Å². The van der Waals surface area contributed by atoms with Gasteiger partial charge in [0.15, 0.2) is 25.2 Å². The third kappa shape index (κ3) is 27.0. The Morgan fingerprint density at radius 3 is 0.643 bits per heavy atom. The summed E-state index contributed by atoms with van der Waals surface area (Å²) in [4.78, 5) is 0. The zero-order chi connectivity index (χ0) is 87.7. The van der Waals surface area contributed by atoms with Crippen molar-refractivity contribution in [3.8, 4) is 0 Å². The molecular formula is C108H114O21. The van der Waals surface area contributed by atoms with Crippen LogP contribution in [0.15, 0.2) is 364 Å². The van der Waals surface area contributed by atoms with E-state index in [9.17, 15) is 10.2 Å². The minimum Gasteiger partial charge on any atom is -0.385 e. The largest absolute Gasteiger partial charge is 0.385 e. The van der Waals surface area contributed by atoms with Crippen molar-refractivity contribution >= 4 is 0 Å². The number of ether oxygens (including phenoxy) is 19. The highest BCUT2D eigenvalue weighted by Crippen LogP contribution is 2.41. The molecule has 4 heterocycles. The lowest BCUT2D eigenvalue weighted by Crippen LogP contribution is -2.68. The van der Waals surface area contributed by atoms with Crippen LogP contribution in [0.1, 0.15) is 66.8 Å². The lowest BCUT2D eigenvalue weighted by atomic mass is 9.94. The summed E-state index contributed by atoms with van der Waals surface area (Å²) < 4.78 is 138. The second-order valence-corrected chi connectivity index (χ2v) is 32.6. The van der Waals surface area contributed by atoms with Crippen molar-refractivity contribution in [2.45, 2.75) is 202 Å². The molecule has 0 aromatic heterocycles. The highest BCUT2D eigenvalue weighted by molar-refractivity contribution is 5.23. The number of rotatable bonds is 46. The molecule has 0 bridgehead atoms. The van der Waals surface area contributed by atoms with E-state index in [0.29, 0.717) is 0 Å². The Morgan fingerprint density at radius 2 is 0.372 bits per heavy atom. The molecule has 21 heteroatoms. The Bertz CT molecular complexity index is 5070. The van der Waals surface area contributed by atoms with Gasteiger partial charge in [0, 0.05) is 0 Å². The molecule has 16 rings (SSSR count). The van der Waals surface area contributed by atoms with Gasteiger partial charge in [-0.1, -0.05) is 364 Å². The highest BCUT2D eigenvalue weighted by Gasteiger charge is 2.58. The van der Waals surface area contributed by atoms with Gasteiger partial charge in [-0.25, -0.2) is 0 Å². The molecule has 672 valence electrons. The minimum absolute atomic E-state index is 0.0303. The van der Waals surface area contributed by atoms with E-state index in [2.05, 4.69) is 0 Å². The van der Waals surface area contributed by atoms with Crippen LogP contribution in [-0.4, -0.2) is 159 Å². The molecule has 20 atom stereocenters. The van der Waals surface area contributed by atoms with Crippen LogP contribution in [0.3, 0.4) is 0 Å². The number of hydrogen-bond donors (Lipinski definition) is 2. The van der Waals surface area contributed by atoms with Gasteiger partial charge in [-0.2, -0.15) is 0 Å². The van der Waals surface area contributed by atoms with Gasteiger partial charge in [-0.15, -0.1) is 0 Å². The summed E-state index contributed by atoms with van der Waals surface area (Å²) in [6.45, 7) is 0.752. The summed E-state index contributed by atoms with van der Waals surface area (Å²) in [5.41, 5.74) is 10.5. The topological polar surface area (TPSA) is 216 Å². The zero-order valence-electron chi connectivity index (χ0n) is 72.2. The maximum absolute atomic E-state index is 13.5. The molecule has 0 aliphatic carbocycles. The molecule has 12 aromatic rings. The van der Waals surface area contributed by atoms with Crippen molar-refractivity contribution in [1.82, 2.24) is 0 Å². The van der Waals surface area contributed by atoms with Gasteiger partial charge in [-0.05, 0) is 66.8 Å². The molecule has 20 unspecified atom stereocenters. The lowest BCUT2D eigenvalue weighted by Gasteiger charge is -2.52. The fourth-order valence-corrected chi connectivity index (χ4v) is 16.5. The summed E-state index contributed by atoms with van der Waals surface area (Å²) in [5.74, 6) is 0. The molecule has 4 aliphatic heterocycles. The third-order valence-corrected chi connectivity index (χ3v) is 23.2. The van der Waals surface area contributed by atoms with Gasteiger partial charge in [0.1, 0.15) is 97.7 Å². The zero-order valence-corrected chi connectivity index (χ0v) is 72.2. The standard InChI is InChI=1S/C108H114O21/c109-93-98(117-67-83-49-25-7-26-50-83)94(114-64-80-43-19-4-20-44-80)89(73-111-61-77-37-13-1-14-38-77)125-106(93)123-76-92-97(128-107-103(121-71-87-57-33-11-34-58-87)99(118-68-84-51-27-8-28-52-84)95(115-65-81-45-21-5-22-46-81)90(126-107)74-112-62-78-39-15-2-16-40-78)101(102(105(110)124-92)120-70-86-55-31-10-32-56-86)129-108-104(122-72-88-59-35-12-36-60-88)100(119-69-85-53-29-9-30-54-85)96(116-66-82-47-23-6-24-48-82)91(127-108)75-113-63-79-41-17-3-18-42-79/h1-60,89-110H,61-76H2. The second kappa shape index (κ2) is 49.2. The van der Waals surface area contributed by atoms with Crippen molar-refractivity contribution in [3.05, 3.63) is 431 Å². The summed E-state index contributed by atoms with van der Waals surface area (Å²) in [7, 11) is 0. The molecule has 0 saturated carbocycles. The maximum atomic E-state index is 13.5. The van der Waals surface area contributed by atoms with E-state index >= 15 is 0 Å². The fourth-order valence-electron chi connectivity index (χ4n) is 16.5. The number of benzene rings is 12. The smallest absolute Gasteiger partial charge is 0.187 e. The van der Waals surface area contributed by atoms with Crippen molar-refractivity contribution in [3.63, 3.8) is 0 Å². The molecule has 0 spiro atoms. The number of aliphatic hydroxyl groups excluding tert-OH is 2. The highest BCUT2D eigenvalue weighted by atomic mass is 16.8. The Kier molecular flexibility index (Phi) is 35.1. The van der Waals surface area contributed by atoms with Crippen LogP contribution in [0.5, 0.6) is 0 Å². The van der Waals surface area contributed by atoms with Crippen molar-refractivity contribution in [2.24, 2.45) is 0 Å². The Balaban J connectivity index is 0.841. The SMILES string of the molecule is OC1OC(COC2OC(COCc3ccccc3)C(OCc3ccccc3)C(OCc3ccccc3)C2O)C(OC2OC(COCc3ccccc3)C(OCc3ccccc3)C(OCc3ccccc3)C2OCc2ccccc2)C(OC2OC(COCc3ccccc3)C(OCc3ccccc3)C(OCc3ccccc3)C2OCc2ccccc2)C1OCc1ccccc1. The number of hydrogen-bond acceptors (Lipinski definition) is 21. The molecule has 4 aliphatic rings. The van der Waals surface area contributed by atoms with E-state index in [-0.39, 0.29) is 99.1 Å². The van der Waals surface area contributed by atoms with Crippen LogP contribution < -0.4 is 0 Å². The lowest BCUT2D eigenvalue weighted by molar-refractivity contribution is -0.400. The van der Waals surface area contributed by atoms with Crippen LogP contribution in [0.2, 0.25) is 0 Å². The predicted molar refractivity (Wildman–Crippen MR) is 482 cm³/mol. The van der Waals surface area contributed by atoms with Crippen molar-refractivity contribution in [2.75, 3.05) is 26.4 Å². The van der Waals surface area contributed by atoms with E-state index in [0.717, 1.165) is 66.8 Å². The monoisotopic (exact) mass is 1750 g/mol. The van der Waals surface area contributed by atoms with Crippen LogP contribution in [-0.2, 0) is 169 Å². The van der Waals surface area contributed by atoms with Crippen molar-refractivity contribution < 1.29 is 100 Å². The van der Waals surface area contributed by atoms with E-state index < -0.39 is 129 Å². The van der Waals surface area contributed by atoms with Crippen molar-refractivity contribution in [1.29, 1.82) is 0 Å². The number of aliphatic hydroxyl groups is 2. The van der Waals surface area contributed by atoms with Gasteiger partial charge < -0.3 is 100 Å². The first-order valence-corrected chi connectivity index (χ1v) is 44.5. The normalized spacial score (nSPS) is 25.8. The average molecular weight is 1750 g/mol. The fraction of sp³-hybridized carbons (Fsp3) is 0.333. The molecule has 21 nitrogen and oxygen atoms in total. The first-order chi connectivity index (χ1) is 63.8. The molecule has 4 fully saturated rings. The molecular weight excluding hydrogens is 1630 g/mol. The molecule has 4 saturated heterocycles. The van der Waals surface area contributed by atoms with E-state index in [4.69, 9.17) is 90.0 Å². The molecule has 2 N–H and O–H groups in total. The van der Waals surface area contributed by atoms with Gasteiger partial charge in [0.05, 0.1) is 106 Å². The minimum atomic E-state index is -1.85. The van der Waals surface area contributed by atoms with Crippen LogP contribution in [0.25, 0.3) is 0 Å². The van der Waals surface area contributed by atoms with Gasteiger partial charge in [-0.3, -0.25) is 0 Å². The quantitative estimate of drug-likeness (QED) is 0.0363. The first kappa shape index (κ1) is 92.1. The molecule has 0 radical (unpaired) electrons.